The fourth-order valence-corrected chi connectivity index (χ4v) is 4.50. The first kappa shape index (κ1) is 16.8. The van der Waals surface area contributed by atoms with Crippen LogP contribution in [0.4, 0.5) is 5.69 Å². The van der Waals surface area contributed by atoms with E-state index >= 15 is 0 Å². The van der Waals surface area contributed by atoms with Crippen LogP contribution in [0.5, 0.6) is 0 Å². The summed E-state index contributed by atoms with van der Waals surface area (Å²) in [5, 5.41) is 5.99. The number of nitrogens with one attached hydrogen (secondary N) is 2. The van der Waals surface area contributed by atoms with Crippen LogP contribution in [-0.4, -0.2) is 19.0 Å². The van der Waals surface area contributed by atoms with Gasteiger partial charge >= 0.3 is 0 Å². The van der Waals surface area contributed by atoms with E-state index < -0.39 is 0 Å². The lowest BCUT2D eigenvalue weighted by Crippen LogP contribution is -3.14. The summed E-state index contributed by atoms with van der Waals surface area (Å²) in [6.07, 6.45) is 1.03. The van der Waals surface area contributed by atoms with Gasteiger partial charge in [-0.15, -0.1) is 11.3 Å². The molecule has 0 fully saturated rings. The molecule has 0 aliphatic carbocycles. The zero-order valence-electron chi connectivity index (χ0n) is 13.1. The Morgan fingerprint density at radius 2 is 2.17 bits per heavy atom. The van der Waals surface area contributed by atoms with E-state index in [1.165, 1.54) is 15.3 Å². The van der Waals surface area contributed by atoms with Crippen molar-refractivity contribution in [1.82, 2.24) is 0 Å². The molecule has 0 saturated heterocycles. The number of thiophene rings is 1. The Hall–Kier alpha value is -1.07. The summed E-state index contributed by atoms with van der Waals surface area (Å²) in [6.45, 7) is 5.46. The number of halogens is 2. The van der Waals surface area contributed by atoms with Gasteiger partial charge in [0.05, 0.1) is 22.3 Å². The smallest absolute Gasteiger partial charge is 0.279 e. The SMILES string of the molecule is Cc1ccc(Cl)c(NC(=O)C[NH+]2CCc3sccc3[C@@H]2C)c1Cl. The van der Waals surface area contributed by atoms with Gasteiger partial charge in [0.15, 0.2) is 6.54 Å². The van der Waals surface area contributed by atoms with Crippen LogP contribution in [0.15, 0.2) is 23.6 Å². The van der Waals surface area contributed by atoms with E-state index in [0.29, 0.717) is 28.3 Å². The van der Waals surface area contributed by atoms with Crippen LogP contribution in [0.3, 0.4) is 0 Å². The Bertz CT molecular complexity index is 744. The summed E-state index contributed by atoms with van der Waals surface area (Å²) in [5.74, 6) is -0.0556. The van der Waals surface area contributed by atoms with Gasteiger partial charge in [-0.05, 0) is 36.9 Å². The van der Waals surface area contributed by atoms with Crippen molar-refractivity contribution < 1.29 is 9.69 Å². The zero-order chi connectivity index (χ0) is 16.6. The van der Waals surface area contributed by atoms with Gasteiger partial charge in [-0.3, -0.25) is 4.79 Å². The third-order valence-corrected chi connectivity index (χ3v) is 6.27. The highest BCUT2D eigenvalue weighted by atomic mass is 35.5. The number of quaternary nitrogens is 1. The molecule has 1 aromatic carbocycles. The summed E-state index contributed by atoms with van der Waals surface area (Å²) >= 11 is 14.2. The molecule has 3 rings (SSSR count). The Morgan fingerprint density at radius 1 is 1.39 bits per heavy atom. The number of benzene rings is 1. The van der Waals surface area contributed by atoms with E-state index in [1.807, 2.05) is 24.3 Å². The minimum Gasteiger partial charge on any atom is -0.321 e. The minimum absolute atomic E-state index is 0.0556. The van der Waals surface area contributed by atoms with Gasteiger partial charge in [-0.1, -0.05) is 29.3 Å². The second kappa shape index (κ2) is 6.81. The average molecular weight is 370 g/mol. The molecule has 0 saturated carbocycles. The molecule has 2 aromatic rings. The molecule has 6 heteroatoms. The predicted molar refractivity (Wildman–Crippen MR) is 97.0 cm³/mol. The first-order valence-corrected chi connectivity index (χ1v) is 9.26. The number of hydrogen-bond acceptors (Lipinski definition) is 2. The van der Waals surface area contributed by atoms with Gasteiger partial charge < -0.3 is 10.2 Å². The Labute approximate surface area is 150 Å². The lowest BCUT2D eigenvalue weighted by molar-refractivity contribution is -0.923. The molecule has 1 aromatic heterocycles. The largest absolute Gasteiger partial charge is 0.321 e. The maximum Gasteiger partial charge on any atom is 0.279 e. The van der Waals surface area contributed by atoms with Gasteiger partial charge in [-0.2, -0.15) is 0 Å². The molecule has 2 atom stereocenters. The van der Waals surface area contributed by atoms with Crippen LogP contribution in [0, 0.1) is 6.92 Å². The molecule has 2 N–H and O–H groups in total. The van der Waals surface area contributed by atoms with Gasteiger partial charge in [-0.25, -0.2) is 0 Å². The molecule has 1 unspecified atom stereocenters. The van der Waals surface area contributed by atoms with Crippen molar-refractivity contribution in [2.45, 2.75) is 26.3 Å². The number of anilines is 1. The van der Waals surface area contributed by atoms with Gasteiger partial charge in [0.1, 0.15) is 6.04 Å². The average Bonchev–Trinajstić information content (AvgIpc) is 3.00. The third kappa shape index (κ3) is 3.41. The van der Waals surface area contributed by atoms with Crippen molar-refractivity contribution in [3.63, 3.8) is 0 Å². The lowest BCUT2D eigenvalue weighted by Gasteiger charge is -2.30. The van der Waals surface area contributed by atoms with E-state index in [4.69, 9.17) is 23.2 Å². The molecule has 23 heavy (non-hydrogen) atoms. The molecule has 1 aliphatic rings. The van der Waals surface area contributed by atoms with Crippen LogP contribution in [0.2, 0.25) is 10.0 Å². The molecule has 0 bridgehead atoms. The predicted octanol–water partition coefficient (Wildman–Crippen LogP) is 3.50. The molecule has 122 valence electrons. The number of aryl methyl sites for hydroxylation is 1. The summed E-state index contributed by atoms with van der Waals surface area (Å²) in [6, 6.07) is 6.11. The van der Waals surface area contributed by atoms with Crippen molar-refractivity contribution in [3.05, 3.63) is 49.6 Å². The van der Waals surface area contributed by atoms with Gasteiger partial charge in [0, 0.05) is 16.9 Å². The van der Waals surface area contributed by atoms with Crippen molar-refractivity contribution in [2.75, 3.05) is 18.4 Å². The van der Waals surface area contributed by atoms with Crippen LogP contribution in [0.1, 0.15) is 29.0 Å². The number of rotatable bonds is 3. The van der Waals surface area contributed by atoms with E-state index in [0.717, 1.165) is 18.5 Å². The lowest BCUT2D eigenvalue weighted by atomic mass is 10.0. The molecule has 2 heterocycles. The topological polar surface area (TPSA) is 33.5 Å². The van der Waals surface area contributed by atoms with Gasteiger partial charge in [0.25, 0.3) is 5.91 Å². The monoisotopic (exact) mass is 369 g/mol. The zero-order valence-corrected chi connectivity index (χ0v) is 15.4. The second-order valence-electron chi connectivity index (χ2n) is 5.96. The number of fused-ring (bicyclic) bond motifs is 1. The highest BCUT2D eigenvalue weighted by molar-refractivity contribution is 7.10. The minimum atomic E-state index is -0.0556. The maximum atomic E-state index is 12.4. The van der Waals surface area contributed by atoms with Crippen LogP contribution < -0.4 is 10.2 Å². The summed E-state index contributed by atoms with van der Waals surface area (Å²) in [5.41, 5.74) is 2.78. The Kier molecular flexibility index (Phi) is 4.97. The normalized spacial score (nSPS) is 20.2. The second-order valence-corrected chi connectivity index (χ2v) is 7.74. The molecular weight excluding hydrogens is 351 g/mol. The van der Waals surface area contributed by atoms with Crippen molar-refractivity contribution in [1.29, 1.82) is 0 Å². The summed E-state index contributed by atoms with van der Waals surface area (Å²) < 4.78 is 0. The number of hydrogen-bond donors (Lipinski definition) is 2. The van der Waals surface area contributed by atoms with Crippen molar-refractivity contribution >= 4 is 46.1 Å². The third-order valence-electron chi connectivity index (χ3n) is 4.47. The fraction of sp³-hybridized carbons (Fsp3) is 0.353. The number of amides is 1. The number of carbonyl (C=O) groups excluding carboxylic acids is 1. The molecule has 0 spiro atoms. The van der Waals surface area contributed by atoms with E-state index in [2.05, 4.69) is 23.7 Å². The van der Waals surface area contributed by atoms with E-state index in [-0.39, 0.29) is 5.91 Å². The van der Waals surface area contributed by atoms with Crippen LogP contribution >= 0.6 is 34.5 Å². The van der Waals surface area contributed by atoms with Crippen molar-refractivity contribution in [3.8, 4) is 0 Å². The van der Waals surface area contributed by atoms with Crippen LogP contribution in [-0.2, 0) is 11.2 Å². The van der Waals surface area contributed by atoms with E-state index in [1.54, 1.807) is 6.07 Å². The molecule has 1 aliphatic heterocycles. The number of carbonyl (C=O) groups is 1. The quantitative estimate of drug-likeness (QED) is 0.852. The first-order valence-electron chi connectivity index (χ1n) is 7.62. The maximum absolute atomic E-state index is 12.4. The summed E-state index contributed by atoms with van der Waals surface area (Å²) in [7, 11) is 0. The molecule has 1 amide bonds. The van der Waals surface area contributed by atoms with Crippen LogP contribution in [0.25, 0.3) is 0 Å². The Balaban J connectivity index is 1.70. The highest BCUT2D eigenvalue weighted by Gasteiger charge is 2.29. The molecule has 0 radical (unpaired) electrons. The highest BCUT2D eigenvalue weighted by Crippen LogP contribution is 2.32. The van der Waals surface area contributed by atoms with Gasteiger partial charge in [0.2, 0.25) is 0 Å². The molecule has 3 nitrogen and oxygen atoms in total. The molecular formula is C17H19Cl2N2OS+. The van der Waals surface area contributed by atoms with Crippen molar-refractivity contribution in [2.24, 2.45) is 0 Å². The fourth-order valence-electron chi connectivity index (χ4n) is 3.05. The summed E-state index contributed by atoms with van der Waals surface area (Å²) in [4.78, 5) is 15.2. The Morgan fingerprint density at radius 3 is 2.96 bits per heavy atom. The van der Waals surface area contributed by atoms with E-state index in [9.17, 15) is 4.79 Å². The first-order chi connectivity index (χ1) is 11.0. The standard InChI is InChI=1S/C17H18Cl2N2OS/c1-10-3-4-13(18)17(16(10)19)20-15(22)9-21-7-5-14-12(11(21)2)6-8-23-14/h3-4,6,8,11H,5,7,9H2,1-2H3,(H,20,22)/p+1/t11-/m0/s1.